The molecule has 4 rings (SSSR count). The van der Waals surface area contributed by atoms with Gasteiger partial charge >= 0.3 is 0 Å². The highest BCUT2D eigenvalue weighted by Crippen LogP contribution is 2.21. The monoisotopic (exact) mass is 449 g/mol. The lowest BCUT2D eigenvalue weighted by molar-refractivity contribution is -0.122. The zero-order valence-corrected chi connectivity index (χ0v) is 18.6. The minimum Gasteiger partial charge on any atom is -0.350 e. The predicted octanol–water partition coefficient (Wildman–Crippen LogP) is 2.52. The number of amides is 1. The Labute approximate surface area is 188 Å². The van der Waals surface area contributed by atoms with Gasteiger partial charge in [-0.2, -0.15) is 5.10 Å². The number of thiophene rings is 1. The van der Waals surface area contributed by atoms with E-state index in [1.165, 1.54) is 21.6 Å². The Balaban J connectivity index is 1.51. The molecule has 0 aliphatic heterocycles. The first-order valence-electron chi connectivity index (χ1n) is 10.3. The van der Waals surface area contributed by atoms with Crippen molar-refractivity contribution in [3.63, 3.8) is 0 Å². The standard InChI is InChI=1S/C23H23N5O3S/c1-15(2)19(12-28-22(30)10-9-18(26-28)20-8-5-11-32-20)25-21(29)13-27-14-24-17-7-4-3-6-16(17)23(27)31/h3-11,14-15,19H,12-13H2,1-2H3,(H,25,29)/t19-/m0/s1. The van der Waals surface area contributed by atoms with E-state index in [1.54, 1.807) is 35.6 Å². The second-order valence-corrected chi connectivity index (χ2v) is 8.78. The number of para-hydroxylation sites is 1. The molecule has 1 atom stereocenters. The Morgan fingerprint density at radius 2 is 1.91 bits per heavy atom. The number of fused-ring (bicyclic) bond motifs is 1. The molecule has 32 heavy (non-hydrogen) atoms. The number of aromatic nitrogens is 4. The molecule has 0 fully saturated rings. The second-order valence-electron chi connectivity index (χ2n) is 7.83. The van der Waals surface area contributed by atoms with Gasteiger partial charge < -0.3 is 5.32 Å². The molecule has 1 N–H and O–H groups in total. The Morgan fingerprint density at radius 1 is 1.09 bits per heavy atom. The van der Waals surface area contributed by atoms with Gasteiger partial charge in [0, 0.05) is 6.07 Å². The third kappa shape index (κ3) is 4.67. The van der Waals surface area contributed by atoms with E-state index in [4.69, 9.17) is 0 Å². The highest BCUT2D eigenvalue weighted by Gasteiger charge is 2.19. The van der Waals surface area contributed by atoms with Crippen LogP contribution < -0.4 is 16.4 Å². The summed E-state index contributed by atoms with van der Waals surface area (Å²) >= 11 is 1.54. The van der Waals surface area contributed by atoms with Gasteiger partial charge in [-0.1, -0.05) is 32.0 Å². The minimum absolute atomic E-state index is 0.0458. The summed E-state index contributed by atoms with van der Waals surface area (Å²) in [4.78, 5) is 43.0. The van der Waals surface area contributed by atoms with E-state index < -0.39 is 0 Å². The van der Waals surface area contributed by atoms with Gasteiger partial charge in [-0.3, -0.25) is 19.0 Å². The van der Waals surface area contributed by atoms with Gasteiger partial charge in [-0.25, -0.2) is 9.67 Å². The third-order valence-corrected chi connectivity index (χ3v) is 6.10. The zero-order valence-electron chi connectivity index (χ0n) is 17.8. The van der Waals surface area contributed by atoms with Crippen LogP contribution in [0.1, 0.15) is 13.8 Å². The quantitative estimate of drug-likeness (QED) is 0.467. The van der Waals surface area contributed by atoms with Crippen molar-refractivity contribution in [2.24, 2.45) is 5.92 Å². The largest absolute Gasteiger partial charge is 0.350 e. The summed E-state index contributed by atoms with van der Waals surface area (Å²) in [6, 6.07) is 13.7. The number of hydrogen-bond donors (Lipinski definition) is 1. The number of hydrogen-bond acceptors (Lipinski definition) is 6. The molecule has 3 aromatic heterocycles. The average Bonchev–Trinajstić information content (AvgIpc) is 3.32. The van der Waals surface area contributed by atoms with E-state index in [-0.39, 0.29) is 42.1 Å². The number of nitrogens with zero attached hydrogens (tertiary/aromatic N) is 4. The van der Waals surface area contributed by atoms with E-state index >= 15 is 0 Å². The van der Waals surface area contributed by atoms with Crippen LogP contribution in [-0.4, -0.2) is 31.3 Å². The number of rotatable bonds is 7. The minimum atomic E-state index is -0.338. The smallest absolute Gasteiger partial charge is 0.266 e. The van der Waals surface area contributed by atoms with Crippen LogP contribution in [0, 0.1) is 5.92 Å². The molecule has 0 aliphatic rings. The molecule has 0 bridgehead atoms. The van der Waals surface area contributed by atoms with Crippen LogP contribution in [0.3, 0.4) is 0 Å². The number of benzene rings is 1. The molecular weight excluding hydrogens is 426 g/mol. The maximum Gasteiger partial charge on any atom is 0.266 e. The van der Waals surface area contributed by atoms with Crippen molar-refractivity contribution in [1.29, 1.82) is 0 Å². The molecule has 164 valence electrons. The topological polar surface area (TPSA) is 98.9 Å². The Bertz CT molecular complexity index is 1360. The maximum absolute atomic E-state index is 12.7. The predicted molar refractivity (Wildman–Crippen MR) is 125 cm³/mol. The van der Waals surface area contributed by atoms with Gasteiger partial charge in [0.05, 0.1) is 34.7 Å². The maximum atomic E-state index is 12.7. The van der Waals surface area contributed by atoms with E-state index in [0.29, 0.717) is 16.6 Å². The second kappa shape index (κ2) is 9.27. The lowest BCUT2D eigenvalue weighted by Crippen LogP contribution is -2.45. The molecule has 0 aliphatic carbocycles. The fourth-order valence-electron chi connectivity index (χ4n) is 3.37. The first-order valence-corrected chi connectivity index (χ1v) is 11.2. The van der Waals surface area contributed by atoms with Crippen molar-refractivity contribution in [3.8, 4) is 10.6 Å². The first kappa shape index (κ1) is 21.6. The number of nitrogens with one attached hydrogen (secondary N) is 1. The first-order chi connectivity index (χ1) is 15.4. The highest BCUT2D eigenvalue weighted by molar-refractivity contribution is 7.13. The molecule has 0 unspecified atom stereocenters. The van der Waals surface area contributed by atoms with Crippen LogP contribution in [0.15, 0.2) is 69.8 Å². The summed E-state index contributed by atoms with van der Waals surface area (Å²) < 4.78 is 2.67. The Kier molecular flexibility index (Phi) is 6.27. The summed E-state index contributed by atoms with van der Waals surface area (Å²) in [6.45, 7) is 4.00. The Hall–Kier alpha value is -3.59. The molecule has 9 heteroatoms. The van der Waals surface area contributed by atoms with Crippen LogP contribution >= 0.6 is 11.3 Å². The lowest BCUT2D eigenvalue weighted by atomic mass is 10.0. The van der Waals surface area contributed by atoms with E-state index in [9.17, 15) is 14.4 Å². The number of carbonyl (C=O) groups is 1. The fraction of sp³-hybridized carbons (Fsp3) is 0.261. The molecule has 4 aromatic rings. The summed E-state index contributed by atoms with van der Waals surface area (Å²) in [5, 5.41) is 9.84. The summed E-state index contributed by atoms with van der Waals surface area (Å²) in [5.74, 6) is -0.283. The van der Waals surface area contributed by atoms with Crippen molar-refractivity contribution >= 4 is 28.1 Å². The van der Waals surface area contributed by atoms with Gasteiger partial charge in [-0.15, -0.1) is 11.3 Å². The van der Waals surface area contributed by atoms with Crippen LogP contribution in [0.25, 0.3) is 21.5 Å². The van der Waals surface area contributed by atoms with E-state index in [0.717, 1.165) is 4.88 Å². The molecule has 1 amide bonds. The molecule has 8 nitrogen and oxygen atoms in total. The molecule has 0 spiro atoms. The average molecular weight is 450 g/mol. The van der Waals surface area contributed by atoms with Crippen LogP contribution in [0.2, 0.25) is 0 Å². The fourth-order valence-corrected chi connectivity index (χ4v) is 4.06. The van der Waals surface area contributed by atoms with Crippen molar-refractivity contribution in [2.45, 2.75) is 33.0 Å². The molecule has 1 aromatic carbocycles. The molecule has 3 heterocycles. The Morgan fingerprint density at radius 3 is 2.66 bits per heavy atom. The van der Waals surface area contributed by atoms with Crippen LogP contribution in [0.5, 0.6) is 0 Å². The van der Waals surface area contributed by atoms with Crippen LogP contribution in [-0.2, 0) is 17.9 Å². The molecular formula is C23H23N5O3S. The van der Waals surface area contributed by atoms with Gasteiger partial charge in [0.2, 0.25) is 5.91 Å². The van der Waals surface area contributed by atoms with Crippen LogP contribution in [0.4, 0.5) is 0 Å². The van der Waals surface area contributed by atoms with Gasteiger partial charge in [0.15, 0.2) is 0 Å². The lowest BCUT2D eigenvalue weighted by Gasteiger charge is -2.23. The van der Waals surface area contributed by atoms with Gasteiger partial charge in [0.25, 0.3) is 11.1 Å². The summed E-state index contributed by atoms with van der Waals surface area (Å²) in [5.41, 5.74) is 0.793. The van der Waals surface area contributed by atoms with Gasteiger partial charge in [-0.05, 0) is 35.6 Å². The molecule has 0 radical (unpaired) electrons. The SMILES string of the molecule is CC(C)[C@H](Cn1nc(-c2cccs2)ccc1=O)NC(=O)Cn1cnc2ccccc2c1=O. The van der Waals surface area contributed by atoms with Crippen molar-refractivity contribution in [1.82, 2.24) is 24.6 Å². The third-order valence-electron chi connectivity index (χ3n) is 5.21. The molecule has 0 saturated heterocycles. The van der Waals surface area contributed by atoms with Crippen molar-refractivity contribution in [3.05, 3.63) is 80.9 Å². The highest BCUT2D eigenvalue weighted by atomic mass is 32.1. The van der Waals surface area contributed by atoms with Crippen molar-refractivity contribution in [2.75, 3.05) is 0 Å². The normalized spacial score (nSPS) is 12.2. The van der Waals surface area contributed by atoms with E-state index in [2.05, 4.69) is 15.4 Å². The number of carbonyl (C=O) groups excluding carboxylic acids is 1. The summed E-state index contributed by atoms with van der Waals surface area (Å²) in [6.07, 6.45) is 1.38. The van der Waals surface area contributed by atoms with Crippen molar-refractivity contribution < 1.29 is 4.79 Å². The zero-order chi connectivity index (χ0) is 22.7. The van der Waals surface area contributed by atoms with E-state index in [1.807, 2.05) is 37.4 Å². The summed E-state index contributed by atoms with van der Waals surface area (Å²) in [7, 11) is 0. The molecule has 0 saturated carbocycles. The van der Waals surface area contributed by atoms with Gasteiger partial charge in [0.1, 0.15) is 12.2 Å².